The molecule has 3 N–H and O–H groups in total. The Morgan fingerprint density at radius 3 is 2.76 bits per heavy atom. The molecule has 0 aliphatic carbocycles. The van der Waals surface area contributed by atoms with Crippen molar-refractivity contribution in [3.8, 4) is 6.07 Å². The van der Waals surface area contributed by atoms with Gasteiger partial charge in [-0.05, 0) is 23.8 Å². The number of nitrogens with two attached hydrogens (primary N) is 1. The van der Waals surface area contributed by atoms with E-state index >= 15 is 0 Å². The Morgan fingerprint density at radius 1 is 1.33 bits per heavy atom. The molecule has 0 saturated carbocycles. The molecule has 21 heavy (non-hydrogen) atoms. The average Bonchev–Trinajstić information content (AvgIpc) is 2.49. The molecule has 0 bridgehead atoms. The zero-order valence-electron chi connectivity index (χ0n) is 11.2. The van der Waals surface area contributed by atoms with Gasteiger partial charge in [-0.3, -0.25) is 9.78 Å². The topological polar surface area (TPSA) is 91.8 Å². The Labute approximate surface area is 127 Å². The van der Waals surface area contributed by atoms with E-state index in [0.717, 1.165) is 10.5 Å². The summed E-state index contributed by atoms with van der Waals surface area (Å²) in [6.07, 6.45) is 3.57. The van der Waals surface area contributed by atoms with Crippen LogP contribution in [0.15, 0.2) is 47.6 Å². The van der Waals surface area contributed by atoms with Crippen LogP contribution in [0.2, 0.25) is 0 Å². The van der Waals surface area contributed by atoms with Gasteiger partial charge in [0, 0.05) is 16.8 Å². The maximum atomic E-state index is 11.9. The molecule has 1 amide bonds. The number of carbonyl (C=O) groups is 1. The zero-order chi connectivity index (χ0) is 15.1. The van der Waals surface area contributed by atoms with Crippen molar-refractivity contribution >= 4 is 29.0 Å². The van der Waals surface area contributed by atoms with Crippen molar-refractivity contribution in [2.75, 3.05) is 16.8 Å². The third-order valence-electron chi connectivity index (χ3n) is 2.69. The van der Waals surface area contributed by atoms with Crippen molar-refractivity contribution < 1.29 is 4.79 Å². The zero-order valence-corrected chi connectivity index (χ0v) is 12.1. The fourth-order valence-electron chi connectivity index (χ4n) is 1.66. The minimum Gasteiger partial charge on any atom is -0.397 e. The number of rotatable bonds is 5. The molecule has 0 aliphatic rings. The van der Waals surface area contributed by atoms with Gasteiger partial charge in [0.2, 0.25) is 5.91 Å². The van der Waals surface area contributed by atoms with Crippen LogP contribution in [0.3, 0.4) is 0 Å². The van der Waals surface area contributed by atoms with Crippen LogP contribution < -0.4 is 11.1 Å². The van der Waals surface area contributed by atoms with E-state index in [-0.39, 0.29) is 11.7 Å². The number of hydrogen-bond acceptors (Lipinski definition) is 5. The monoisotopic (exact) mass is 298 g/mol. The molecule has 0 radical (unpaired) electrons. The first-order valence-corrected chi connectivity index (χ1v) is 7.25. The van der Waals surface area contributed by atoms with Crippen molar-refractivity contribution in [1.29, 1.82) is 5.26 Å². The molecule has 5 nitrogen and oxygen atoms in total. The van der Waals surface area contributed by atoms with Crippen LogP contribution in [-0.4, -0.2) is 16.6 Å². The number of anilines is 2. The van der Waals surface area contributed by atoms with E-state index < -0.39 is 0 Å². The summed E-state index contributed by atoms with van der Waals surface area (Å²) in [5.74, 6) is 0.165. The molecular weight excluding hydrogens is 284 g/mol. The number of nitrogens with one attached hydrogen (secondary N) is 1. The molecule has 0 saturated heterocycles. The van der Waals surface area contributed by atoms with Crippen molar-refractivity contribution in [1.82, 2.24) is 4.98 Å². The lowest BCUT2D eigenvalue weighted by atomic mass is 10.1. The lowest BCUT2D eigenvalue weighted by molar-refractivity contribution is -0.113. The number of hydrogen-bond donors (Lipinski definition) is 2. The smallest absolute Gasteiger partial charge is 0.234 e. The molecule has 106 valence electrons. The van der Waals surface area contributed by atoms with Crippen LogP contribution in [0.25, 0.3) is 0 Å². The average molecular weight is 298 g/mol. The minimum absolute atomic E-state index is 0.107. The quantitative estimate of drug-likeness (QED) is 0.827. The van der Waals surface area contributed by atoms with Gasteiger partial charge >= 0.3 is 0 Å². The predicted octanol–water partition coefficient (Wildman–Crippen LogP) is 2.46. The molecule has 1 heterocycles. The molecule has 0 unspecified atom stereocenters. The predicted molar refractivity (Wildman–Crippen MR) is 83.8 cm³/mol. The number of nitriles is 1. The van der Waals surface area contributed by atoms with Crippen LogP contribution in [-0.2, 0) is 11.2 Å². The third kappa shape index (κ3) is 4.51. The largest absolute Gasteiger partial charge is 0.397 e. The minimum atomic E-state index is -0.107. The Hall–Kier alpha value is -2.52. The first-order valence-electron chi connectivity index (χ1n) is 6.27. The number of thioether (sulfide) groups is 1. The van der Waals surface area contributed by atoms with E-state index in [1.807, 2.05) is 12.1 Å². The highest BCUT2D eigenvalue weighted by Gasteiger charge is 2.06. The summed E-state index contributed by atoms with van der Waals surface area (Å²) in [6.45, 7) is 0. The molecule has 0 atom stereocenters. The summed E-state index contributed by atoms with van der Waals surface area (Å²) < 4.78 is 0. The van der Waals surface area contributed by atoms with Gasteiger partial charge in [-0.15, -0.1) is 11.8 Å². The Kier molecular flexibility index (Phi) is 5.18. The highest BCUT2D eigenvalue weighted by Crippen LogP contribution is 2.23. The highest BCUT2D eigenvalue weighted by molar-refractivity contribution is 8.00. The molecule has 0 aliphatic heterocycles. The number of aromatic nitrogens is 1. The second-order valence-corrected chi connectivity index (χ2v) is 5.30. The van der Waals surface area contributed by atoms with Gasteiger partial charge < -0.3 is 11.1 Å². The van der Waals surface area contributed by atoms with Crippen LogP contribution >= 0.6 is 11.8 Å². The van der Waals surface area contributed by atoms with E-state index in [4.69, 9.17) is 11.0 Å². The summed E-state index contributed by atoms with van der Waals surface area (Å²) >= 11 is 1.37. The van der Waals surface area contributed by atoms with Gasteiger partial charge in [0.05, 0.1) is 30.1 Å². The molecule has 0 fully saturated rings. The maximum Gasteiger partial charge on any atom is 0.234 e. The van der Waals surface area contributed by atoms with Gasteiger partial charge in [-0.1, -0.05) is 12.1 Å². The summed E-state index contributed by atoms with van der Waals surface area (Å²) in [4.78, 5) is 16.6. The second kappa shape index (κ2) is 7.31. The summed E-state index contributed by atoms with van der Waals surface area (Å²) in [5, 5.41) is 11.4. The number of amides is 1. The summed E-state index contributed by atoms with van der Waals surface area (Å²) in [6, 6.07) is 11.1. The first kappa shape index (κ1) is 14.9. The van der Waals surface area contributed by atoms with Crippen LogP contribution in [0.1, 0.15) is 5.56 Å². The second-order valence-electron chi connectivity index (χ2n) is 4.28. The molecule has 6 heteroatoms. The van der Waals surface area contributed by atoms with Crippen molar-refractivity contribution in [2.45, 2.75) is 11.3 Å². The van der Waals surface area contributed by atoms with Crippen molar-refractivity contribution in [2.24, 2.45) is 0 Å². The van der Waals surface area contributed by atoms with E-state index in [1.54, 1.807) is 30.6 Å². The van der Waals surface area contributed by atoms with Crippen LogP contribution in [0, 0.1) is 11.3 Å². The molecule has 1 aromatic heterocycles. The number of nitrogen functional groups attached to an aromatic ring is 1. The van der Waals surface area contributed by atoms with Crippen molar-refractivity contribution in [3.63, 3.8) is 0 Å². The van der Waals surface area contributed by atoms with Gasteiger partial charge in [0.1, 0.15) is 0 Å². The standard InChI is InChI=1S/C15H14N4OS/c16-7-5-11-1-3-12(4-2-11)19-15(20)10-21-14-6-8-18-9-13(14)17/h1-4,6,8-9H,5,10,17H2,(H,19,20). The van der Waals surface area contributed by atoms with Gasteiger partial charge in [0.25, 0.3) is 0 Å². The first-order chi connectivity index (χ1) is 10.2. The van der Waals surface area contributed by atoms with Gasteiger partial charge in [-0.2, -0.15) is 5.26 Å². The number of nitrogens with zero attached hydrogens (tertiary/aromatic N) is 2. The number of benzene rings is 1. The fraction of sp³-hybridized carbons (Fsp3) is 0.133. The normalized spacial score (nSPS) is 9.86. The molecular formula is C15H14N4OS. The van der Waals surface area contributed by atoms with Crippen molar-refractivity contribution in [3.05, 3.63) is 48.3 Å². The van der Waals surface area contributed by atoms with E-state index in [2.05, 4.69) is 16.4 Å². The summed E-state index contributed by atoms with van der Waals surface area (Å²) in [7, 11) is 0. The Balaban J connectivity index is 1.87. The lowest BCUT2D eigenvalue weighted by Crippen LogP contribution is -2.14. The SMILES string of the molecule is N#CCc1ccc(NC(=O)CSc2ccncc2N)cc1. The molecule has 0 spiro atoms. The number of pyridine rings is 1. The Bertz CT molecular complexity index is 664. The van der Waals surface area contributed by atoms with Gasteiger partial charge in [-0.25, -0.2) is 0 Å². The van der Waals surface area contributed by atoms with E-state index in [9.17, 15) is 4.79 Å². The molecule has 2 rings (SSSR count). The molecule has 1 aromatic carbocycles. The van der Waals surface area contributed by atoms with E-state index in [1.165, 1.54) is 11.8 Å². The Morgan fingerprint density at radius 2 is 2.10 bits per heavy atom. The third-order valence-corrected chi connectivity index (χ3v) is 3.78. The van der Waals surface area contributed by atoms with E-state index in [0.29, 0.717) is 17.8 Å². The number of carbonyl (C=O) groups excluding carboxylic acids is 1. The highest BCUT2D eigenvalue weighted by atomic mass is 32.2. The molecule has 2 aromatic rings. The maximum absolute atomic E-state index is 11.9. The lowest BCUT2D eigenvalue weighted by Gasteiger charge is -2.07. The van der Waals surface area contributed by atoms with Crippen LogP contribution in [0.4, 0.5) is 11.4 Å². The summed E-state index contributed by atoms with van der Waals surface area (Å²) in [5.41, 5.74) is 7.97. The van der Waals surface area contributed by atoms with Crippen LogP contribution in [0.5, 0.6) is 0 Å². The van der Waals surface area contributed by atoms with Gasteiger partial charge in [0.15, 0.2) is 0 Å². The fourth-order valence-corrected chi connectivity index (χ4v) is 2.40.